The molecule has 0 radical (unpaired) electrons. The van der Waals surface area contributed by atoms with Crippen LogP contribution in [0.15, 0.2) is 0 Å². The quantitative estimate of drug-likeness (QED) is 0.468. The van der Waals surface area contributed by atoms with E-state index in [1.165, 1.54) is 38.6 Å². The fourth-order valence-corrected chi connectivity index (χ4v) is 1.97. The van der Waals surface area contributed by atoms with Crippen molar-refractivity contribution in [2.45, 2.75) is 52.0 Å². The molecular formula is C11H25NS. The van der Waals surface area contributed by atoms with E-state index in [9.17, 15) is 0 Å². The first kappa shape index (κ1) is 13.3. The zero-order valence-corrected chi connectivity index (χ0v) is 10.3. The average Bonchev–Trinajstić information content (AvgIpc) is 2.14. The van der Waals surface area contributed by atoms with Crippen molar-refractivity contribution >= 4 is 12.6 Å². The highest BCUT2D eigenvalue weighted by Gasteiger charge is 2.08. The highest BCUT2D eigenvalue weighted by Crippen LogP contribution is 2.07. The molecule has 0 rings (SSSR count). The molecule has 0 fully saturated rings. The molecule has 0 amide bonds. The van der Waals surface area contributed by atoms with Crippen LogP contribution in [0.25, 0.3) is 0 Å². The van der Waals surface area contributed by atoms with Crippen LogP contribution in [0.2, 0.25) is 0 Å². The van der Waals surface area contributed by atoms with Gasteiger partial charge in [0.05, 0.1) is 0 Å². The Morgan fingerprint density at radius 1 is 1.08 bits per heavy atom. The summed E-state index contributed by atoms with van der Waals surface area (Å²) in [5, 5.41) is 0. The topological polar surface area (TPSA) is 3.24 Å². The fourth-order valence-electron chi connectivity index (χ4n) is 1.74. The minimum Gasteiger partial charge on any atom is -0.303 e. The van der Waals surface area contributed by atoms with Gasteiger partial charge in [-0.1, -0.05) is 20.3 Å². The van der Waals surface area contributed by atoms with Crippen LogP contribution in [0, 0.1) is 0 Å². The molecule has 0 aromatic carbocycles. The van der Waals surface area contributed by atoms with Gasteiger partial charge in [-0.25, -0.2) is 0 Å². The van der Waals surface area contributed by atoms with E-state index in [1.54, 1.807) is 0 Å². The highest BCUT2D eigenvalue weighted by molar-refractivity contribution is 7.80. The number of thiol groups is 1. The van der Waals surface area contributed by atoms with Crippen LogP contribution < -0.4 is 0 Å². The van der Waals surface area contributed by atoms with Gasteiger partial charge in [0, 0.05) is 6.04 Å². The third-order valence-electron chi connectivity index (χ3n) is 2.73. The maximum atomic E-state index is 4.21. The summed E-state index contributed by atoms with van der Waals surface area (Å²) >= 11 is 4.21. The van der Waals surface area contributed by atoms with Crippen molar-refractivity contribution < 1.29 is 0 Å². The van der Waals surface area contributed by atoms with Gasteiger partial charge in [0.2, 0.25) is 0 Å². The van der Waals surface area contributed by atoms with Crippen LogP contribution >= 0.6 is 12.6 Å². The summed E-state index contributed by atoms with van der Waals surface area (Å²) in [6, 6.07) is 0.788. The monoisotopic (exact) mass is 203 g/mol. The van der Waals surface area contributed by atoms with Gasteiger partial charge in [0.15, 0.2) is 0 Å². The van der Waals surface area contributed by atoms with Crippen molar-refractivity contribution in [3.05, 3.63) is 0 Å². The van der Waals surface area contributed by atoms with Gasteiger partial charge in [-0.2, -0.15) is 12.6 Å². The van der Waals surface area contributed by atoms with E-state index in [0.29, 0.717) is 0 Å². The van der Waals surface area contributed by atoms with Gasteiger partial charge in [-0.3, -0.25) is 0 Å². The van der Waals surface area contributed by atoms with Crippen molar-refractivity contribution in [3.63, 3.8) is 0 Å². The lowest BCUT2D eigenvalue weighted by molar-refractivity contribution is 0.225. The SMILES string of the molecule is CCC(CC)N(C)CCCCCS. The summed E-state index contributed by atoms with van der Waals surface area (Å²) in [5.41, 5.74) is 0. The highest BCUT2D eigenvalue weighted by atomic mass is 32.1. The smallest absolute Gasteiger partial charge is 0.00869 e. The van der Waals surface area contributed by atoms with Crippen molar-refractivity contribution in [3.8, 4) is 0 Å². The first-order valence-electron chi connectivity index (χ1n) is 5.57. The minimum absolute atomic E-state index is 0.788. The Bertz CT molecular complexity index is 102. The first-order chi connectivity index (χ1) is 6.26. The molecule has 0 saturated heterocycles. The summed E-state index contributed by atoms with van der Waals surface area (Å²) in [7, 11) is 2.25. The normalized spacial score (nSPS) is 11.5. The number of hydrogen-bond acceptors (Lipinski definition) is 2. The maximum absolute atomic E-state index is 4.21. The Morgan fingerprint density at radius 2 is 1.69 bits per heavy atom. The van der Waals surface area contributed by atoms with Gasteiger partial charge in [0.1, 0.15) is 0 Å². The molecule has 13 heavy (non-hydrogen) atoms. The van der Waals surface area contributed by atoms with Crippen LogP contribution in [-0.4, -0.2) is 30.3 Å². The summed E-state index contributed by atoms with van der Waals surface area (Å²) in [5.74, 6) is 1.04. The Labute approximate surface area is 89.3 Å². The van der Waals surface area contributed by atoms with E-state index in [-0.39, 0.29) is 0 Å². The van der Waals surface area contributed by atoms with E-state index in [2.05, 4.69) is 38.4 Å². The second kappa shape index (κ2) is 8.89. The Hall–Kier alpha value is 0.310. The predicted molar refractivity (Wildman–Crippen MR) is 64.7 cm³/mol. The Morgan fingerprint density at radius 3 is 2.15 bits per heavy atom. The van der Waals surface area contributed by atoms with Gasteiger partial charge in [-0.15, -0.1) is 0 Å². The number of unbranched alkanes of at least 4 members (excludes halogenated alkanes) is 2. The van der Waals surface area contributed by atoms with E-state index in [0.717, 1.165) is 11.8 Å². The molecule has 0 N–H and O–H groups in total. The molecular weight excluding hydrogens is 178 g/mol. The van der Waals surface area contributed by atoms with Crippen molar-refractivity contribution in [2.24, 2.45) is 0 Å². The van der Waals surface area contributed by atoms with Gasteiger partial charge >= 0.3 is 0 Å². The van der Waals surface area contributed by atoms with Crippen molar-refractivity contribution in [1.82, 2.24) is 4.90 Å². The minimum atomic E-state index is 0.788. The third kappa shape index (κ3) is 6.39. The molecule has 80 valence electrons. The predicted octanol–water partition coefficient (Wildman–Crippen LogP) is 3.21. The Kier molecular flexibility index (Phi) is 9.10. The molecule has 0 heterocycles. The zero-order valence-electron chi connectivity index (χ0n) is 9.42. The third-order valence-corrected chi connectivity index (χ3v) is 3.05. The lowest BCUT2D eigenvalue weighted by atomic mass is 10.1. The molecule has 0 aromatic heterocycles. The van der Waals surface area contributed by atoms with E-state index < -0.39 is 0 Å². The maximum Gasteiger partial charge on any atom is 0.00869 e. The second-order valence-electron chi connectivity index (χ2n) is 3.74. The van der Waals surface area contributed by atoms with Crippen LogP contribution in [-0.2, 0) is 0 Å². The van der Waals surface area contributed by atoms with Crippen LogP contribution in [0.3, 0.4) is 0 Å². The van der Waals surface area contributed by atoms with Gasteiger partial charge in [-0.05, 0) is 45.0 Å². The van der Waals surface area contributed by atoms with Crippen LogP contribution in [0.4, 0.5) is 0 Å². The fraction of sp³-hybridized carbons (Fsp3) is 1.00. The summed E-state index contributed by atoms with van der Waals surface area (Å²) in [6.07, 6.45) is 6.47. The molecule has 0 unspecified atom stereocenters. The largest absolute Gasteiger partial charge is 0.303 e. The molecule has 2 heteroatoms. The van der Waals surface area contributed by atoms with E-state index in [4.69, 9.17) is 0 Å². The molecule has 0 spiro atoms. The zero-order chi connectivity index (χ0) is 10.1. The number of rotatable bonds is 8. The molecule has 1 nitrogen and oxygen atoms in total. The standard InChI is InChI=1S/C11H25NS/c1-4-11(5-2)12(3)9-7-6-8-10-13/h11,13H,4-10H2,1-3H3. The average molecular weight is 203 g/mol. The molecule has 0 aromatic rings. The molecule has 0 atom stereocenters. The van der Waals surface area contributed by atoms with Gasteiger partial charge in [0.25, 0.3) is 0 Å². The van der Waals surface area contributed by atoms with Crippen molar-refractivity contribution in [1.29, 1.82) is 0 Å². The molecule has 0 aliphatic heterocycles. The molecule has 0 bridgehead atoms. The lowest BCUT2D eigenvalue weighted by Gasteiger charge is -2.25. The Balaban J connectivity index is 3.42. The summed E-state index contributed by atoms with van der Waals surface area (Å²) < 4.78 is 0. The van der Waals surface area contributed by atoms with E-state index in [1.807, 2.05) is 0 Å². The lowest BCUT2D eigenvalue weighted by Crippen LogP contribution is -2.31. The first-order valence-corrected chi connectivity index (χ1v) is 6.20. The van der Waals surface area contributed by atoms with Gasteiger partial charge < -0.3 is 4.90 Å². The molecule has 0 saturated carbocycles. The van der Waals surface area contributed by atoms with Crippen LogP contribution in [0.5, 0.6) is 0 Å². The second-order valence-corrected chi connectivity index (χ2v) is 4.18. The summed E-state index contributed by atoms with van der Waals surface area (Å²) in [4.78, 5) is 2.50. The summed E-state index contributed by atoms with van der Waals surface area (Å²) in [6.45, 7) is 5.80. The molecule has 0 aliphatic rings. The van der Waals surface area contributed by atoms with Crippen LogP contribution in [0.1, 0.15) is 46.0 Å². The molecule has 0 aliphatic carbocycles. The van der Waals surface area contributed by atoms with Crippen molar-refractivity contribution in [2.75, 3.05) is 19.3 Å². The number of hydrogen-bond donors (Lipinski definition) is 1. The van der Waals surface area contributed by atoms with E-state index >= 15 is 0 Å². The number of nitrogens with zero attached hydrogens (tertiary/aromatic N) is 1.